The summed E-state index contributed by atoms with van der Waals surface area (Å²) in [5.74, 6) is 2.12. The molecule has 4 aliphatic rings. The summed E-state index contributed by atoms with van der Waals surface area (Å²) in [6, 6.07) is 0. The SMILES string of the molecule is CC(=O)OC1CCC2(C)C3CCC4(C)C(=O)CCC4C3CCC2(Cl)C1. The van der Waals surface area contributed by atoms with Gasteiger partial charge in [0.25, 0.3) is 0 Å². The van der Waals surface area contributed by atoms with Crippen LogP contribution >= 0.6 is 11.6 Å². The first-order valence-corrected chi connectivity index (χ1v) is 10.5. The molecule has 0 bridgehead atoms. The molecule has 4 saturated carbocycles. The van der Waals surface area contributed by atoms with Crippen molar-refractivity contribution in [3.63, 3.8) is 0 Å². The quantitative estimate of drug-likeness (QED) is 0.490. The minimum atomic E-state index is -0.261. The molecule has 0 aromatic heterocycles. The van der Waals surface area contributed by atoms with Crippen LogP contribution in [0.3, 0.4) is 0 Å². The minimum absolute atomic E-state index is 0.0264. The van der Waals surface area contributed by atoms with Crippen LogP contribution in [0.2, 0.25) is 0 Å². The van der Waals surface area contributed by atoms with Crippen molar-refractivity contribution in [2.75, 3.05) is 0 Å². The lowest BCUT2D eigenvalue weighted by Gasteiger charge is -2.63. The third kappa shape index (κ3) is 2.44. The predicted octanol–water partition coefficient (Wildman–Crippen LogP) is 4.89. The van der Waals surface area contributed by atoms with E-state index in [1.54, 1.807) is 0 Å². The van der Waals surface area contributed by atoms with Crippen LogP contribution in [0, 0.1) is 28.6 Å². The van der Waals surface area contributed by atoms with Gasteiger partial charge in [0.05, 0.1) is 4.87 Å². The highest BCUT2D eigenvalue weighted by Crippen LogP contribution is 2.68. The molecule has 4 fully saturated rings. The third-order valence-electron chi connectivity index (χ3n) is 8.73. The Bertz CT molecular complexity index is 604. The molecule has 0 aromatic carbocycles. The Labute approximate surface area is 156 Å². The molecule has 0 aromatic rings. The normalized spacial score (nSPS) is 52.1. The van der Waals surface area contributed by atoms with Gasteiger partial charge in [0.15, 0.2) is 0 Å². The van der Waals surface area contributed by atoms with E-state index in [2.05, 4.69) is 13.8 Å². The first-order chi connectivity index (χ1) is 11.7. The Balaban J connectivity index is 1.60. The van der Waals surface area contributed by atoms with E-state index in [-0.39, 0.29) is 27.8 Å². The van der Waals surface area contributed by atoms with Crippen LogP contribution in [-0.4, -0.2) is 22.7 Å². The van der Waals surface area contributed by atoms with Crippen LogP contribution in [0.25, 0.3) is 0 Å². The van der Waals surface area contributed by atoms with Gasteiger partial charge in [-0.2, -0.15) is 0 Å². The number of fused-ring (bicyclic) bond motifs is 5. The maximum atomic E-state index is 12.5. The molecule has 0 aliphatic heterocycles. The molecule has 4 rings (SSSR count). The Kier molecular flexibility index (Phi) is 4.07. The number of carbonyl (C=O) groups is 2. The number of esters is 1. The molecule has 0 saturated heterocycles. The molecule has 0 amide bonds. The molecule has 140 valence electrons. The number of ether oxygens (including phenoxy) is 1. The van der Waals surface area contributed by atoms with E-state index in [1.807, 2.05) is 0 Å². The van der Waals surface area contributed by atoms with Crippen molar-refractivity contribution in [1.82, 2.24) is 0 Å². The maximum absolute atomic E-state index is 12.5. The third-order valence-corrected chi connectivity index (χ3v) is 9.51. The van der Waals surface area contributed by atoms with Crippen LogP contribution in [0.15, 0.2) is 0 Å². The van der Waals surface area contributed by atoms with Crippen molar-refractivity contribution in [3.05, 3.63) is 0 Å². The molecule has 4 heteroatoms. The van der Waals surface area contributed by atoms with E-state index in [0.29, 0.717) is 23.5 Å². The summed E-state index contributed by atoms with van der Waals surface area (Å²) in [5.41, 5.74) is 0.0277. The van der Waals surface area contributed by atoms with Gasteiger partial charge in [0, 0.05) is 25.2 Å². The smallest absolute Gasteiger partial charge is 0.302 e. The molecule has 0 spiro atoms. The summed E-state index contributed by atoms with van der Waals surface area (Å²) in [5, 5.41) is 0. The van der Waals surface area contributed by atoms with E-state index in [0.717, 1.165) is 57.8 Å². The number of carbonyl (C=O) groups excluding carboxylic acids is 2. The molecule has 0 heterocycles. The van der Waals surface area contributed by atoms with Crippen molar-refractivity contribution in [2.45, 2.75) is 89.5 Å². The van der Waals surface area contributed by atoms with Crippen molar-refractivity contribution < 1.29 is 14.3 Å². The average molecular weight is 367 g/mol. The lowest BCUT2D eigenvalue weighted by atomic mass is 9.45. The lowest BCUT2D eigenvalue weighted by Crippen LogP contribution is -2.60. The molecule has 0 radical (unpaired) electrons. The van der Waals surface area contributed by atoms with Crippen LogP contribution < -0.4 is 0 Å². The molecule has 7 unspecified atom stereocenters. The number of ketones is 1. The first-order valence-electron chi connectivity index (χ1n) is 10.1. The van der Waals surface area contributed by atoms with Gasteiger partial charge in [-0.05, 0) is 68.1 Å². The Morgan fingerprint density at radius 3 is 2.56 bits per heavy atom. The van der Waals surface area contributed by atoms with E-state index in [9.17, 15) is 9.59 Å². The Hall–Kier alpha value is -0.570. The predicted molar refractivity (Wildman–Crippen MR) is 97.4 cm³/mol. The highest BCUT2D eigenvalue weighted by molar-refractivity contribution is 6.24. The Morgan fingerprint density at radius 2 is 1.84 bits per heavy atom. The zero-order valence-corrected chi connectivity index (χ0v) is 16.5. The number of alkyl halides is 1. The van der Waals surface area contributed by atoms with E-state index < -0.39 is 0 Å². The summed E-state index contributed by atoms with van der Waals surface area (Å²) in [6.07, 6.45) is 8.87. The highest BCUT2D eigenvalue weighted by Gasteiger charge is 2.64. The lowest BCUT2D eigenvalue weighted by molar-refractivity contribution is -0.156. The fraction of sp³-hybridized carbons (Fsp3) is 0.905. The largest absolute Gasteiger partial charge is 0.462 e. The van der Waals surface area contributed by atoms with Gasteiger partial charge in [-0.1, -0.05) is 13.8 Å². The van der Waals surface area contributed by atoms with Gasteiger partial charge in [-0.3, -0.25) is 9.59 Å². The van der Waals surface area contributed by atoms with Gasteiger partial charge in [-0.15, -0.1) is 11.6 Å². The van der Waals surface area contributed by atoms with E-state index in [4.69, 9.17) is 16.3 Å². The van der Waals surface area contributed by atoms with E-state index in [1.165, 1.54) is 6.92 Å². The summed E-state index contributed by atoms with van der Waals surface area (Å²) in [7, 11) is 0. The summed E-state index contributed by atoms with van der Waals surface area (Å²) in [6.45, 7) is 6.11. The van der Waals surface area contributed by atoms with Crippen molar-refractivity contribution in [1.29, 1.82) is 0 Å². The van der Waals surface area contributed by atoms with Crippen LogP contribution in [0.1, 0.15) is 78.6 Å². The van der Waals surface area contributed by atoms with Gasteiger partial charge in [0.2, 0.25) is 0 Å². The second-order valence-electron chi connectivity index (χ2n) is 9.69. The maximum Gasteiger partial charge on any atom is 0.302 e. The molecule has 4 aliphatic carbocycles. The Morgan fingerprint density at radius 1 is 1.08 bits per heavy atom. The fourth-order valence-corrected chi connectivity index (χ4v) is 7.78. The first kappa shape index (κ1) is 17.8. The summed E-state index contributed by atoms with van der Waals surface area (Å²) < 4.78 is 5.52. The van der Waals surface area contributed by atoms with Gasteiger partial charge in [0.1, 0.15) is 11.9 Å². The summed E-state index contributed by atoms with van der Waals surface area (Å²) >= 11 is 7.26. The minimum Gasteiger partial charge on any atom is -0.462 e. The van der Waals surface area contributed by atoms with Crippen LogP contribution in [-0.2, 0) is 14.3 Å². The molecule has 7 atom stereocenters. The van der Waals surface area contributed by atoms with Crippen molar-refractivity contribution in [2.24, 2.45) is 28.6 Å². The second-order valence-corrected chi connectivity index (χ2v) is 10.4. The summed E-state index contributed by atoms with van der Waals surface area (Å²) in [4.78, 5) is 23.6. The number of hydrogen-bond acceptors (Lipinski definition) is 3. The standard InChI is InChI=1S/C21H31ClO3/c1-13(23)25-14-6-10-20(3)17-8-9-19(2)16(4-5-18(19)24)15(17)7-11-21(20,22)12-14/h14-17H,4-12H2,1-3H3. The van der Waals surface area contributed by atoms with Crippen molar-refractivity contribution >= 4 is 23.4 Å². The van der Waals surface area contributed by atoms with Gasteiger partial charge < -0.3 is 4.74 Å². The zero-order valence-electron chi connectivity index (χ0n) is 15.8. The number of Topliss-reactive ketones (excluding diaryl/α,β-unsaturated/α-hetero) is 1. The molecular formula is C21H31ClO3. The average Bonchev–Trinajstić information content (AvgIpc) is 2.84. The van der Waals surface area contributed by atoms with Crippen LogP contribution in [0.4, 0.5) is 0 Å². The van der Waals surface area contributed by atoms with Gasteiger partial charge in [-0.25, -0.2) is 0 Å². The topological polar surface area (TPSA) is 43.4 Å². The highest BCUT2D eigenvalue weighted by atomic mass is 35.5. The molecule has 0 N–H and O–H groups in total. The van der Waals surface area contributed by atoms with E-state index >= 15 is 0 Å². The number of hydrogen-bond donors (Lipinski definition) is 0. The number of rotatable bonds is 1. The fourth-order valence-electron chi connectivity index (χ4n) is 7.27. The van der Waals surface area contributed by atoms with Gasteiger partial charge >= 0.3 is 5.97 Å². The number of halogens is 1. The zero-order chi connectivity index (χ0) is 18.0. The monoisotopic (exact) mass is 366 g/mol. The molecule has 25 heavy (non-hydrogen) atoms. The molecular weight excluding hydrogens is 336 g/mol. The van der Waals surface area contributed by atoms with Crippen LogP contribution in [0.5, 0.6) is 0 Å². The van der Waals surface area contributed by atoms with Crippen molar-refractivity contribution in [3.8, 4) is 0 Å². The molecule has 3 nitrogen and oxygen atoms in total. The second kappa shape index (κ2) is 5.71.